The first-order valence-corrected chi connectivity index (χ1v) is 7.43. The van der Waals surface area contributed by atoms with E-state index in [2.05, 4.69) is 0 Å². The average molecular weight is 305 g/mol. The van der Waals surface area contributed by atoms with E-state index in [1.54, 1.807) is 0 Å². The number of hydrogen-bond acceptors (Lipinski definition) is 1. The molecule has 0 aromatic heterocycles. The van der Waals surface area contributed by atoms with Crippen molar-refractivity contribution in [3.63, 3.8) is 0 Å². The first kappa shape index (κ1) is 13.7. The molecule has 0 N–H and O–H groups in total. The zero-order chi connectivity index (χ0) is 14.1. The van der Waals surface area contributed by atoms with Gasteiger partial charge in [-0.25, -0.2) is 0 Å². The SMILES string of the molecule is O=C1C[C@H](c2ccccc2Cl)[C@@H](c2ccccc2Cl)C1. The summed E-state index contributed by atoms with van der Waals surface area (Å²) in [4.78, 5) is 11.9. The molecule has 1 aliphatic rings. The third kappa shape index (κ3) is 2.48. The molecule has 0 bridgehead atoms. The lowest BCUT2D eigenvalue weighted by Crippen LogP contribution is -2.06. The van der Waals surface area contributed by atoms with E-state index in [4.69, 9.17) is 23.2 Å². The summed E-state index contributed by atoms with van der Waals surface area (Å²) in [6.07, 6.45) is 1.08. The predicted octanol–water partition coefficient (Wildman–Crippen LogP) is 5.22. The van der Waals surface area contributed by atoms with Gasteiger partial charge in [0.2, 0.25) is 0 Å². The minimum absolute atomic E-state index is 0.121. The summed E-state index contributed by atoms with van der Waals surface area (Å²) < 4.78 is 0. The Kier molecular flexibility index (Phi) is 3.82. The Bertz CT molecular complexity index is 595. The highest BCUT2D eigenvalue weighted by atomic mass is 35.5. The van der Waals surface area contributed by atoms with Crippen molar-refractivity contribution >= 4 is 29.0 Å². The zero-order valence-electron chi connectivity index (χ0n) is 10.9. The normalized spacial score (nSPS) is 22.2. The molecule has 102 valence electrons. The molecule has 1 aliphatic carbocycles. The van der Waals surface area contributed by atoms with Gasteiger partial charge in [0, 0.05) is 22.9 Å². The van der Waals surface area contributed by atoms with Gasteiger partial charge in [-0.2, -0.15) is 0 Å². The Morgan fingerprint density at radius 2 is 1.15 bits per heavy atom. The van der Waals surface area contributed by atoms with E-state index in [9.17, 15) is 4.79 Å². The molecule has 2 aromatic rings. The van der Waals surface area contributed by atoms with Gasteiger partial charge < -0.3 is 0 Å². The molecular weight excluding hydrogens is 291 g/mol. The van der Waals surface area contributed by atoms with Crippen molar-refractivity contribution in [2.75, 3.05) is 0 Å². The number of halogens is 2. The Morgan fingerprint density at radius 1 is 0.750 bits per heavy atom. The highest BCUT2D eigenvalue weighted by Crippen LogP contribution is 2.47. The van der Waals surface area contributed by atoms with Crippen LogP contribution in [0.25, 0.3) is 0 Å². The van der Waals surface area contributed by atoms with Crippen molar-refractivity contribution in [3.8, 4) is 0 Å². The van der Waals surface area contributed by atoms with Gasteiger partial charge in [0.25, 0.3) is 0 Å². The third-order valence-corrected chi connectivity index (χ3v) is 4.68. The van der Waals surface area contributed by atoms with Gasteiger partial charge in [-0.15, -0.1) is 0 Å². The Hall–Kier alpha value is -1.31. The molecule has 3 rings (SSSR count). The largest absolute Gasteiger partial charge is 0.300 e. The molecule has 0 radical (unpaired) electrons. The van der Waals surface area contributed by atoms with Crippen molar-refractivity contribution in [3.05, 3.63) is 69.7 Å². The number of benzene rings is 2. The minimum Gasteiger partial charge on any atom is -0.300 e. The lowest BCUT2D eigenvalue weighted by molar-refractivity contribution is -0.117. The molecule has 0 unspecified atom stereocenters. The van der Waals surface area contributed by atoms with Crippen LogP contribution in [0.1, 0.15) is 35.8 Å². The quantitative estimate of drug-likeness (QED) is 0.743. The number of Topliss-reactive ketones (excluding diaryl/α,β-unsaturated/α-hetero) is 1. The van der Waals surface area contributed by atoms with Crippen LogP contribution in [0.5, 0.6) is 0 Å². The Labute approximate surface area is 128 Å². The van der Waals surface area contributed by atoms with E-state index < -0.39 is 0 Å². The number of rotatable bonds is 2. The van der Waals surface area contributed by atoms with E-state index in [0.717, 1.165) is 21.2 Å². The molecule has 0 saturated heterocycles. The molecule has 3 heteroatoms. The molecule has 0 amide bonds. The fourth-order valence-electron chi connectivity index (χ4n) is 3.06. The molecule has 1 fully saturated rings. The van der Waals surface area contributed by atoms with Crippen LogP contribution in [-0.2, 0) is 4.79 Å². The average Bonchev–Trinajstić information content (AvgIpc) is 2.81. The zero-order valence-corrected chi connectivity index (χ0v) is 12.4. The number of carbonyl (C=O) groups is 1. The van der Waals surface area contributed by atoms with Crippen LogP contribution in [0.4, 0.5) is 0 Å². The molecule has 1 nitrogen and oxygen atoms in total. The molecule has 20 heavy (non-hydrogen) atoms. The van der Waals surface area contributed by atoms with Gasteiger partial charge in [-0.3, -0.25) is 4.79 Å². The van der Waals surface area contributed by atoms with Crippen molar-refractivity contribution in [2.24, 2.45) is 0 Å². The van der Waals surface area contributed by atoms with Gasteiger partial charge in [0.05, 0.1) is 0 Å². The van der Waals surface area contributed by atoms with Crippen LogP contribution in [0.3, 0.4) is 0 Å². The second-order valence-corrected chi connectivity index (χ2v) is 6.02. The van der Waals surface area contributed by atoms with Crippen LogP contribution in [0, 0.1) is 0 Å². The minimum atomic E-state index is 0.121. The Morgan fingerprint density at radius 3 is 1.55 bits per heavy atom. The predicted molar refractivity (Wildman–Crippen MR) is 82.6 cm³/mol. The summed E-state index contributed by atoms with van der Waals surface area (Å²) in [5.74, 6) is 0.520. The second kappa shape index (κ2) is 5.59. The van der Waals surface area contributed by atoms with E-state index in [1.165, 1.54) is 0 Å². The summed E-state index contributed by atoms with van der Waals surface area (Å²) in [6, 6.07) is 15.5. The third-order valence-electron chi connectivity index (χ3n) is 3.99. The number of carbonyl (C=O) groups excluding carboxylic acids is 1. The molecule has 2 aromatic carbocycles. The first-order chi connectivity index (χ1) is 9.66. The van der Waals surface area contributed by atoms with Gasteiger partial charge in [-0.05, 0) is 35.1 Å². The lowest BCUT2D eigenvalue weighted by Gasteiger charge is -2.21. The van der Waals surface area contributed by atoms with Gasteiger partial charge in [0.15, 0.2) is 0 Å². The van der Waals surface area contributed by atoms with Gasteiger partial charge in [0.1, 0.15) is 5.78 Å². The van der Waals surface area contributed by atoms with E-state index in [0.29, 0.717) is 12.8 Å². The number of hydrogen-bond donors (Lipinski definition) is 0. The summed E-state index contributed by atoms with van der Waals surface area (Å²) in [5, 5.41) is 1.45. The van der Waals surface area contributed by atoms with Crippen molar-refractivity contribution in [1.29, 1.82) is 0 Å². The maximum atomic E-state index is 11.9. The first-order valence-electron chi connectivity index (χ1n) is 6.67. The van der Waals surface area contributed by atoms with E-state index in [-0.39, 0.29) is 17.6 Å². The molecule has 0 heterocycles. The van der Waals surface area contributed by atoms with Crippen molar-refractivity contribution in [1.82, 2.24) is 0 Å². The van der Waals surface area contributed by atoms with Crippen molar-refractivity contribution < 1.29 is 4.79 Å². The summed E-state index contributed by atoms with van der Waals surface area (Å²) >= 11 is 12.6. The smallest absolute Gasteiger partial charge is 0.134 e. The molecule has 0 aliphatic heterocycles. The van der Waals surface area contributed by atoms with Crippen molar-refractivity contribution in [2.45, 2.75) is 24.7 Å². The van der Waals surface area contributed by atoms with E-state index in [1.807, 2.05) is 48.5 Å². The van der Waals surface area contributed by atoms with Gasteiger partial charge in [-0.1, -0.05) is 59.6 Å². The highest BCUT2D eigenvalue weighted by Gasteiger charge is 2.36. The van der Waals surface area contributed by atoms with Gasteiger partial charge >= 0.3 is 0 Å². The molecule has 0 spiro atoms. The Balaban J connectivity index is 2.04. The maximum Gasteiger partial charge on any atom is 0.134 e. The van der Waals surface area contributed by atoms with Crippen LogP contribution in [-0.4, -0.2) is 5.78 Å². The fourth-order valence-corrected chi connectivity index (χ4v) is 3.62. The van der Waals surface area contributed by atoms with Crippen LogP contribution < -0.4 is 0 Å². The molecule has 2 atom stereocenters. The van der Waals surface area contributed by atoms with Crippen LogP contribution >= 0.6 is 23.2 Å². The molecular formula is C17H14Cl2O. The number of ketones is 1. The van der Waals surface area contributed by atoms with Crippen LogP contribution in [0.15, 0.2) is 48.5 Å². The van der Waals surface area contributed by atoms with E-state index >= 15 is 0 Å². The topological polar surface area (TPSA) is 17.1 Å². The molecule has 1 saturated carbocycles. The monoisotopic (exact) mass is 304 g/mol. The second-order valence-electron chi connectivity index (χ2n) is 5.20. The standard InChI is InChI=1S/C17H14Cl2O/c18-16-7-3-1-5-12(16)14-9-11(20)10-15(14)13-6-2-4-8-17(13)19/h1-8,14-15H,9-10H2/t14-,15-/m1/s1. The van der Waals surface area contributed by atoms with Crippen LogP contribution in [0.2, 0.25) is 10.0 Å². The summed E-state index contributed by atoms with van der Waals surface area (Å²) in [6.45, 7) is 0. The maximum absolute atomic E-state index is 11.9. The highest BCUT2D eigenvalue weighted by molar-refractivity contribution is 6.32. The lowest BCUT2D eigenvalue weighted by atomic mass is 9.84. The summed E-state index contributed by atoms with van der Waals surface area (Å²) in [5.41, 5.74) is 2.09. The summed E-state index contributed by atoms with van der Waals surface area (Å²) in [7, 11) is 0. The fraction of sp³-hybridized carbons (Fsp3) is 0.235.